The molecule has 1 heterocycles. The summed E-state index contributed by atoms with van der Waals surface area (Å²) >= 11 is 5.98. The molecule has 0 unspecified atom stereocenters. The highest BCUT2D eigenvalue weighted by molar-refractivity contribution is 6.31. The fraction of sp³-hybridized carbons (Fsp3) is 0.333. The van der Waals surface area contributed by atoms with Crippen LogP contribution in [0.25, 0.3) is 0 Å². The van der Waals surface area contributed by atoms with Gasteiger partial charge in [-0.15, -0.1) is 0 Å². The number of nitrogens with zero attached hydrogens (tertiary/aromatic N) is 1. The number of ether oxygens (including phenoxy) is 1. The van der Waals surface area contributed by atoms with Crippen LogP contribution in [0.15, 0.2) is 66.7 Å². The molecule has 8 heteroatoms. The third-order valence-electron chi connectivity index (χ3n) is 8.64. The topological polar surface area (TPSA) is 92.8 Å². The lowest BCUT2D eigenvalue weighted by Gasteiger charge is -2.45. The smallest absolute Gasteiger partial charge is 0.306 e. The summed E-state index contributed by atoms with van der Waals surface area (Å²) in [6.45, 7) is 1.81. The normalized spacial score (nSPS) is 21.8. The van der Waals surface area contributed by atoms with Crippen LogP contribution in [0.1, 0.15) is 65.3 Å². The van der Waals surface area contributed by atoms with Crippen molar-refractivity contribution in [2.75, 3.05) is 18.5 Å². The number of imide groups is 1. The van der Waals surface area contributed by atoms with E-state index in [1.54, 1.807) is 18.2 Å². The predicted octanol–water partition coefficient (Wildman–Crippen LogP) is 5.58. The van der Waals surface area contributed by atoms with Gasteiger partial charge in [0.2, 0.25) is 11.8 Å². The van der Waals surface area contributed by atoms with E-state index in [0.717, 1.165) is 27.8 Å². The van der Waals surface area contributed by atoms with Gasteiger partial charge in [-0.05, 0) is 59.7 Å². The van der Waals surface area contributed by atoms with Crippen molar-refractivity contribution in [3.8, 4) is 0 Å². The number of aryl methyl sites for hydroxylation is 1. The summed E-state index contributed by atoms with van der Waals surface area (Å²) in [5.74, 6) is -2.01. The third-order valence-corrected chi connectivity index (χ3v) is 8.88. The molecular weight excluding hydrogens is 540 g/mol. The van der Waals surface area contributed by atoms with E-state index in [-0.39, 0.29) is 48.5 Å². The van der Waals surface area contributed by atoms with Gasteiger partial charge in [0.15, 0.2) is 6.61 Å². The minimum atomic E-state index is -0.464. The van der Waals surface area contributed by atoms with Crippen LogP contribution >= 0.6 is 11.6 Å². The zero-order valence-electron chi connectivity index (χ0n) is 22.8. The number of likely N-dealkylation sites (tertiary alicyclic amines) is 1. The fourth-order valence-electron chi connectivity index (χ4n) is 6.81. The van der Waals surface area contributed by atoms with E-state index in [4.69, 9.17) is 16.3 Å². The first kappa shape index (κ1) is 27.2. The molecule has 3 aromatic rings. The zero-order valence-corrected chi connectivity index (χ0v) is 23.5. The van der Waals surface area contributed by atoms with E-state index >= 15 is 0 Å². The summed E-state index contributed by atoms with van der Waals surface area (Å²) < 4.78 is 5.11. The Kier molecular flexibility index (Phi) is 7.39. The number of halogens is 1. The highest BCUT2D eigenvalue weighted by Crippen LogP contribution is 2.60. The largest absolute Gasteiger partial charge is 0.456 e. The van der Waals surface area contributed by atoms with Gasteiger partial charge < -0.3 is 10.1 Å². The highest BCUT2D eigenvalue weighted by atomic mass is 35.5. The van der Waals surface area contributed by atoms with Crippen molar-refractivity contribution in [3.63, 3.8) is 0 Å². The predicted molar refractivity (Wildman–Crippen MR) is 155 cm³/mol. The number of amides is 3. The number of nitrogens with one attached hydrogen (secondary N) is 1. The van der Waals surface area contributed by atoms with Crippen LogP contribution in [0, 0.1) is 18.8 Å². The van der Waals surface area contributed by atoms with Crippen molar-refractivity contribution in [1.29, 1.82) is 0 Å². The Labute approximate surface area is 243 Å². The second-order valence-electron chi connectivity index (χ2n) is 11.1. The summed E-state index contributed by atoms with van der Waals surface area (Å²) in [6.07, 6.45) is 1.96. The molecule has 41 heavy (non-hydrogen) atoms. The van der Waals surface area contributed by atoms with Crippen LogP contribution < -0.4 is 5.32 Å². The lowest BCUT2D eigenvalue weighted by molar-refractivity contribution is -0.147. The summed E-state index contributed by atoms with van der Waals surface area (Å²) in [5.41, 5.74) is 6.08. The average Bonchev–Trinajstić information content (AvgIpc) is 3.23. The van der Waals surface area contributed by atoms with E-state index in [1.165, 1.54) is 4.90 Å². The number of unbranched alkanes of at least 4 members (excludes halogenated alkanes) is 2. The van der Waals surface area contributed by atoms with Gasteiger partial charge in [-0.2, -0.15) is 0 Å². The van der Waals surface area contributed by atoms with Gasteiger partial charge in [0.05, 0.1) is 11.8 Å². The van der Waals surface area contributed by atoms with Gasteiger partial charge in [0.1, 0.15) is 0 Å². The number of carbonyl (C=O) groups is 4. The number of benzene rings is 3. The minimum Gasteiger partial charge on any atom is -0.456 e. The lowest BCUT2D eigenvalue weighted by atomic mass is 9.55. The molecule has 7 nitrogen and oxygen atoms in total. The number of rotatable bonds is 9. The molecule has 0 radical (unpaired) electrons. The van der Waals surface area contributed by atoms with E-state index in [2.05, 4.69) is 29.6 Å². The van der Waals surface area contributed by atoms with Crippen molar-refractivity contribution < 1.29 is 23.9 Å². The molecule has 0 spiro atoms. The molecule has 1 saturated heterocycles. The SMILES string of the molecule is Cc1ccc(Cl)cc1NC(=O)COC(=O)CCCCCN1C(=O)[C@@H]2C3c4ccccc4C(c4ccccc43)[C@@H]2C1=O. The van der Waals surface area contributed by atoms with Gasteiger partial charge >= 0.3 is 5.97 Å². The number of hydrogen-bond acceptors (Lipinski definition) is 5. The summed E-state index contributed by atoms with van der Waals surface area (Å²) in [4.78, 5) is 53.1. The van der Waals surface area contributed by atoms with Crippen molar-refractivity contribution >= 4 is 41.0 Å². The van der Waals surface area contributed by atoms with Crippen LogP contribution in [-0.4, -0.2) is 41.7 Å². The molecular formula is C33H31ClN2O5. The van der Waals surface area contributed by atoms with Gasteiger partial charge in [0.25, 0.3) is 5.91 Å². The summed E-state index contributed by atoms with van der Waals surface area (Å²) in [5, 5.41) is 3.20. The van der Waals surface area contributed by atoms with Crippen molar-refractivity contribution in [1.82, 2.24) is 4.90 Å². The van der Waals surface area contributed by atoms with Crippen LogP contribution in [0.2, 0.25) is 5.02 Å². The molecule has 7 rings (SSSR count). The van der Waals surface area contributed by atoms with E-state index < -0.39 is 11.9 Å². The first-order valence-electron chi connectivity index (χ1n) is 14.1. The van der Waals surface area contributed by atoms with Gasteiger partial charge in [0, 0.05) is 35.5 Å². The van der Waals surface area contributed by atoms with Crippen LogP contribution in [0.4, 0.5) is 5.69 Å². The van der Waals surface area contributed by atoms with Crippen LogP contribution in [-0.2, 0) is 23.9 Å². The summed E-state index contributed by atoms with van der Waals surface area (Å²) in [6, 6.07) is 21.6. The van der Waals surface area contributed by atoms with Crippen molar-refractivity contribution in [2.45, 2.75) is 44.4 Å². The van der Waals surface area contributed by atoms with Crippen LogP contribution in [0.5, 0.6) is 0 Å². The Hall–Kier alpha value is -3.97. The molecule has 0 aromatic heterocycles. The number of anilines is 1. The highest BCUT2D eigenvalue weighted by Gasteiger charge is 2.61. The summed E-state index contributed by atoms with van der Waals surface area (Å²) in [7, 11) is 0. The Morgan fingerprint density at radius 1 is 0.829 bits per heavy atom. The van der Waals surface area contributed by atoms with E-state index in [1.807, 2.05) is 31.2 Å². The number of hydrogen-bond donors (Lipinski definition) is 1. The second kappa shape index (κ2) is 11.1. The fourth-order valence-corrected chi connectivity index (χ4v) is 6.98. The molecule has 1 aliphatic heterocycles. The molecule has 3 aliphatic carbocycles. The third kappa shape index (κ3) is 4.93. The first-order chi connectivity index (χ1) is 19.8. The standard InChI is InChI=1S/C33H31ClN2O5/c1-19-14-15-20(34)17-25(19)35-26(37)18-41-27(38)13-3-2-8-16-36-32(39)30-28-21-9-4-5-10-22(21)29(31(30)33(36)40)24-12-7-6-11-23(24)28/h4-7,9-12,14-15,17,28-31H,2-3,8,13,16,18H2,1H3,(H,35,37)/t28?,29?,30-,31+. The molecule has 3 amide bonds. The molecule has 0 saturated carbocycles. The van der Waals surface area contributed by atoms with E-state index in [9.17, 15) is 19.2 Å². The van der Waals surface area contributed by atoms with Crippen LogP contribution in [0.3, 0.4) is 0 Å². The maximum Gasteiger partial charge on any atom is 0.306 e. The minimum absolute atomic E-state index is 0.0839. The lowest BCUT2D eigenvalue weighted by Crippen LogP contribution is -2.41. The second-order valence-corrected chi connectivity index (χ2v) is 11.5. The Morgan fingerprint density at radius 2 is 1.39 bits per heavy atom. The van der Waals surface area contributed by atoms with Gasteiger partial charge in [-0.3, -0.25) is 24.1 Å². The van der Waals surface area contributed by atoms with Crippen molar-refractivity contribution in [3.05, 3.63) is 99.6 Å². The Morgan fingerprint density at radius 3 is 1.95 bits per heavy atom. The molecule has 1 fully saturated rings. The Bertz CT molecular complexity index is 1440. The molecule has 4 aliphatic rings. The maximum atomic E-state index is 13.6. The van der Waals surface area contributed by atoms with E-state index in [0.29, 0.717) is 36.5 Å². The molecule has 3 aromatic carbocycles. The molecule has 1 N–H and O–H groups in total. The van der Waals surface area contributed by atoms with Crippen molar-refractivity contribution in [2.24, 2.45) is 11.8 Å². The number of esters is 1. The maximum absolute atomic E-state index is 13.6. The Balaban J connectivity index is 0.999. The first-order valence-corrected chi connectivity index (χ1v) is 14.5. The average molecular weight is 571 g/mol. The van der Waals surface area contributed by atoms with Gasteiger partial charge in [-0.1, -0.05) is 72.6 Å². The molecule has 2 atom stereocenters. The molecule has 210 valence electrons. The zero-order chi connectivity index (χ0) is 28.7. The molecule has 2 bridgehead atoms. The number of carbonyl (C=O) groups excluding carboxylic acids is 4. The quantitative estimate of drug-likeness (QED) is 0.206. The van der Waals surface area contributed by atoms with Gasteiger partial charge in [-0.25, -0.2) is 0 Å². The monoisotopic (exact) mass is 570 g/mol.